The third kappa shape index (κ3) is 5.27. The first-order valence-corrected chi connectivity index (χ1v) is 11.0. The van der Waals surface area contributed by atoms with Gasteiger partial charge in [0.05, 0.1) is 0 Å². The Morgan fingerprint density at radius 3 is 1.57 bits per heavy atom. The van der Waals surface area contributed by atoms with Gasteiger partial charge in [-0.2, -0.15) is 0 Å². The normalized spacial score (nSPS) is 11.6. The molecule has 0 bridgehead atoms. The van der Waals surface area contributed by atoms with E-state index in [1.807, 2.05) is 0 Å². The first-order valence-electron chi connectivity index (χ1n) is 9.33. The summed E-state index contributed by atoms with van der Waals surface area (Å²) < 4.78 is 2.12. The minimum atomic E-state index is 1.05. The zero-order chi connectivity index (χ0) is 19.9. The first kappa shape index (κ1) is 20.2. The Labute approximate surface area is 179 Å². The van der Waals surface area contributed by atoms with Crippen LogP contribution in [0.2, 0.25) is 0 Å². The summed E-state index contributed by atoms with van der Waals surface area (Å²) in [5.41, 5.74) is 8.16. The van der Waals surface area contributed by atoms with Crippen LogP contribution in [0.5, 0.6) is 0 Å². The van der Waals surface area contributed by atoms with Crippen molar-refractivity contribution < 1.29 is 19.4 Å². The Morgan fingerprint density at radius 2 is 1.14 bits per heavy atom. The summed E-state index contributed by atoms with van der Waals surface area (Å²) in [6, 6.07) is 25.8. The summed E-state index contributed by atoms with van der Waals surface area (Å²) in [5, 5.41) is 0. The van der Waals surface area contributed by atoms with Crippen molar-refractivity contribution in [3.8, 4) is 0 Å². The SMILES string of the molecule is Cc1ccc(C(=[C-]N(c2ccc(C)cc2)c2ccc(C)cc2)C=C[CH]=[W])cc1. The molecule has 0 unspecified atom stereocenters. The van der Waals surface area contributed by atoms with Gasteiger partial charge < -0.3 is 0 Å². The predicted octanol–water partition coefficient (Wildman–Crippen LogP) is 6.50. The molecule has 0 radical (unpaired) electrons. The summed E-state index contributed by atoms with van der Waals surface area (Å²) >= 11 is 1.43. The van der Waals surface area contributed by atoms with Crippen LogP contribution in [-0.2, 0) is 19.4 Å². The summed E-state index contributed by atoms with van der Waals surface area (Å²) in [7, 11) is 0. The molecule has 0 fully saturated rings. The van der Waals surface area contributed by atoms with Gasteiger partial charge in [0.15, 0.2) is 0 Å². The average molecular weight is 534 g/mol. The number of nitrogens with zero attached hydrogens (tertiary/aromatic N) is 1. The van der Waals surface area contributed by atoms with Crippen LogP contribution in [-0.4, -0.2) is 4.40 Å². The molecule has 140 valence electrons. The Morgan fingerprint density at radius 1 is 0.714 bits per heavy atom. The molecule has 3 rings (SSSR count). The molecule has 2 heteroatoms. The van der Waals surface area contributed by atoms with Crippen LogP contribution in [0.1, 0.15) is 22.3 Å². The van der Waals surface area contributed by atoms with E-state index >= 15 is 0 Å². The van der Waals surface area contributed by atoms with Crippen molar-refractivity contribution in [3.63, 3.8) is 0 Å². The molecule has 28 heavy (non-hydrogen) atoms. The molecular weight excluding hydrogens is 510 g/mol. The standard InChI is InChI=1S/C26H24N.W/c1-5-6-24(23-13-7-20(2)8-14-23)19-27(25-15-9-21(3)10-16-25)26-17-11-22(4)12-18-26;/h1,5-18H,2-4H3;/q-1;. The Balaban J connectivity index is 2.13. The van der Waals surface area contributed by atoms with Crippen molar-refractivity contribution in [3.05, 3.63) is 113 Å². The van der Waals surface area contributed by atoms with Gasteiger partial charge in [-0.15, -0.1) is 0 Å². The molecular formula is C26H24NW-. The van der Waals surface area contributed by atoms with Gasteiger partial charge in [0.2, 0.25) is 0 Å². The van der Waals surface area contributed by atoms with E-state index < -0.39 is 0 Å². The number of hydrogen-bond acceptors (Lipinski definition) is 1. The van der Waals surface area contributed by atoms with Crippen molar-refractivity contribution in [1.29, 1.82) is 0 Å². The maximum absolute atomic E-state index is 3.65. The fourth-order valence-electron chi connectivity index (χ4n) is 2.85. The summed E-state index contributed by atoms with van der Waals surface area (Å²) in [6.07, 6.45) is 7.88. The fraction of sp³-hybridized carbons (Fsp3) is 0.115. The molecule has 0 saturated carbocycles. The maximum atomic E-state index is 3.65. The monoisotopic (exact) mass is 534 g/mol. The van der Waals surface area contributed by atoms with Crippen molar-refractivity contribution in [2.45, 2.75) is 20.8 Å². The summed E-state index contributed by atoms with van der Waals surface area (Å²) in [5.74, 6) is 0. The Hall–Kier alpha value is -2.50. The van der Waals surface area contributed by atoms with Crippen LogP contribution in [0.3, 0.4) is 0 Å². The molecule has 0 aromatic heterocycles. The van der Waals surface area contributed by atoms with Crippen molar-refractivity contribution >= 4 is 21.3 Å². The van der Waals surface area contributed by atoms with E-state index in [9.17, 15) is 0 Å². The third-order valence-electron chi connectivity index (χ3n) is 4.52. The average Bonchev–Trinajstić information content (AvgIpc) is 2.71. The van der Waals surface area contributed by atoms with Crippen molar-refractivity contribution in [2.75, 3.05) is 4.90 Å². The van der Waals surface area contributed by atoms with E-state index in [0.29, 0.717) is 0 Å². The van der Waals surface area contributed by atoms with E-state index in [1.54, 1.807) is 0 Å². The van der Waals surface area contributed by atoms with Crippen LogP contribution in [0.25, 0.3) is 5.57 Å². The van der Waals surface area contributed by atoms with E-state index in [0.717, 1.165) is 22.5 Å². The Bertz CT molecular complexity index is 933. The molecule has 0 aliphatic rings. The second kappa shape index (κ2) is 9.62. The number of hydrogen-bond donors (Lipinski definition) is 0. The van der Waals surface area contributed by atoms with Gasteiger partial charge in [-0.05, 0) is 0 Å². The summed E-state index contributed by atoms with van der Waals surface area (Å²) in [6.45, 7) is 6.33. The van der Waals surface area contributed by atoms with Gasteiger partial charge in [-0.25, -0.2) is 0 Å². The molecule has 0 spiro atoms. The van der Waals surface area contributed by atoms with Crippen LogP contribution in [0, 0.1) is 27.0 Å². The molecule has 0 amide bonds. The molecule has 0 heterocycles. The van der Waals surface area contributed by atoms with E-state index in [4.69, 9.17) is 0 Å². The van der Waals surface area contributed by atoms with Crippen LogP contribution >= 0.6 is 0 Å². The van der Waals surface area contributed by atoms with Gasteiger partial charge in [-0.3, -0.25) is 0 Å². The van der Waals surface area contributed by atoms with Gasteiger partial charge >= 0.3 is 180 Å². The molecule has 3 aromatic rings. The molecule has 0 N–H and O–H groups in total. The van der Waals surface area contributed by atoms with E-state index in [2.05, 4.69) is 121 Å². The van der Waals surface area contributed by atoms with Gasteiger partial charge in [-0.1, -0.05) is 0 Å². The molecule has 1 nitrogen and oxygen atoms in total. The van der Waals surface area contributed by atoms with Gasteiger partial charge in [0.25, 0.3) is 0 Å². The van der Waals surface area contributed by atoms with Crippen molar-refractivity contribution in [1.82, 2.24) is 0 Å². The summed E-state index contributed by atoms with van der Waals surface area (Å²) in [4.78, 5) is 2.14. The number of anilines is 2. The van der Waals surface area contributed by atoms with Crippen LogP contribution < -0.4 is 4.90 Å². The number of rotatable bonds is 6. The minimum absolute atomic E-state index is 1.05. The van der Waals surface area contributed by atoms with Gasteiger partial charge in [0.1, 0.15) is 0 Å². The van der Waals surface area contributed by atoms with Crippen LogP contribution in [0.4, 0.5) is 11.4 Å². The van der Waals surface area contributed by atoms with E-state index in [1.165, 1.54) is 36.0 Å². The number of allylic oxidation sites excluding steroid dienone is 3. The molecule has 3 aromatic carbocycles. The topological polar surface area (TPSA) is 3.24 Å². The zero-order valence-electron chi connectivity index (χ0n) is 16.5. The quantitative estimate of drug-likeness (QED) is 0.198. The third-order valence-corrected chi connectivity index (χ3v) is 5.09. The second-order valence-corrected chi connectivity index (χ2v) is 7.87. The Kier molecular flexibility index (Phi) is 6.95. The first-order chi connectivity index (χ1) is 13.6. The second-order valence-electron chi connectivity index (χ2n) is 6.89. The molecule has 0 saturated heterocycles. The number of benzene rings is 3. The van der Waals surface area contributed by atoms with Gasteiger partial charge in [0, 0.05) is 0 Å². The van der Waals surface area contributed by atoms with E-state index in [-0.39, 0.29) is 0 Å². The number of aryl methyl sites for hydroxylation is 3. The van der Waals surface area contributed by atoms with Crippen LogP contribution in [0.15, 0.2) is 84.9 Å². The molecule has 0 aliphatic heterocycles. The molecule has 0 aliphatic carbocycles. The fourth-order valence-corrected chi connectivity index (χ4v) is 3.14. The molecule has 0 atom stereocenters. The van der Waals surface area contributed by atoms with Crippen molar-refractivity contribution in [2.24, 2.45) is 0 Å². The predicted molar refractivity (Wildman–Crippen MR) is 118 cm³/mol. The zero-order valence-corrected chi connectivity index (χ0v) is 19.4.